The van der Waals surface area contributed by atoms with Crippen molar-refractivity contribution in [1.82, 2.24) is 4.72 Å². The van der Waals surface area contributed by atoms with Gasteiger partial charge in [-0.2, -0.15) is 13.2 Å². The van der Waals surface area contributed by atoms with Crippen LogP contribution >= 0.6 is 15.9 Å². The number of halogens is 4. The van der Waals surface area contributed by atoms with Crippen molar-refractivity contribution < 1.29 is 26.7 Å². The van der Waals surface area contributed by atoms with Crippen LogP contribution in [0.2, 0.25) is 0 Å². The average molecular weight is 376 g/mol. The predicted molar refractivity (Wildman–Crippen MR) is 70.5 cm³/mol. The van der Waals surface area contributed by atoms with Gasteiger partial charge in [-0.3, -0.25) is 0 Å². The third kappa shape index (κ3) is 5.04. The van der Waals surface area contributed by atoms with Gasteiger partial charge in [-0.25, -0.2) is 13.1 Å². The number of nitrogens with one attached hydrogen (secondary N) is 1. The van der Waals surface area contributed by atoms with Crippen LogP contribution in [-0.4, -0.2) is 25.7 Å². The molecule has 0 spiro atoms. The molecule has 0 heterocycles. The number of hydrogen-bond acceptors (Lipinski definition) is 3. The van der Waals surface area contributed by atoms with E-state index in [0.29, 0.717) is 5.56 Å². The van der Waals surface area contributed by atoms with Gasteiger partial charge in [-0.1, -0.05) is 6.07 Å². The van der Waals surface area contributed by atoms with Crippen molar-refractivity contribution in [1.29, 1.82) is 0 Å². The lowest BCUT2D eigenvalue weighted by molar-refractivity contribution is -0.137. The summed E-state index contributed by atoms with van der Waals surface area (Å²) >= 11 is 3.02. The molecular weight excluding hydrogens is 363 g/mol. The van der Waals surface area contributed by atoms with E-state index < -0.39 is 28.7 Å². The first kappa shape index (κ1) is 17.4. The Morgan fingerprint density at radius 3 is 2.45 bits per heavy atom. The number of aliphatic hydroxyl groups is 1. The van der Waals surface area contributed by atoms with E-state index in [1.165, 1.54) is 18.2 Å². The fourth-order valence-electron chi connectivity index (χ4n) is 1.58. The van der Waals surface area contributed by atoms with E-state index in [2.05, 4.69) is 15.9 Å². The van der Waals surface area contributed by atoms with Crippen molar-refractivity contribution in [3.63, 3.8) is 0 Å². The molecular formula is C11H13BrF3NO3S. The summed E-state index contributed by atoms with van der Waals surface area (Å²) in [6.45, 7) is 0.873. The normalized spacial score (nSPS) is 14.3. The standard InChI is InChI=1S/C11H13BrF3NO3S/c1-7(5-11(13,14)15)16-20(18,19)10-3-2-8(6-17)4-9(10)12/h2-4,7,16-17H,5-6H2,1H3. The molecule has 1 atom stereocenters. The van der Waals surface area contributed by atoms with Crippen molar-refractivity contribution in [3.05, 3.63) is 28.2 Å². The van der Waals surface area contributed by atoms with Gasteiger partial charge in [0.25, 0.3) is 0 Å². The summed E-state index contributed by atoms with van der Waals surface area (Å²) in [6.07, 6.45) is -5.70. The van der Waals surface area contributed by atoms with Crippen LogP contribution < -0.4 is 4.72 Å². The molecule has 0 aliphatic heterocycles. The van der Waals surface area contributed by atoms with E-state index in [1.54, 1.807) is 0 Å². The van der Waals surface area contributed by atoms with Gasteiger partial charge < -0.3 is 5.11 Å². The molecule has 0 aliphatic rings. The van der Waals surface area contributed by atoms with Gasteiger partial charge in [0.2, 0.25) is 10.0 Å². The zero-order valence-electron chi connectivity index (χ0n) is 10.4. The molecule has 0 amide bonds. The molecule has 1 aromatic carbocycles. The number of sulfonamides is 1. The van der Waals surface area contributed by atoms with Crippen molar-refractivity contribution in [2.24, 2.45) is 0 Å². The van der Waals surface area contributed by atoms with Crippen LogP contribution in [0.25, 0.3) is 0 Å². The highest BCUT2D eigenvalue weighted by molar-refractivity contribution is 9.10. The Labute approximate surface area is 123 Å². The lowest BCUT2D eigenvalue weighted by atomic mass is 10.2. The first-order chi connectivity index (χ1) is 9.05. The van der Waals surface area contributed by atoms with E-state index in [1.807, 2.05) is 4.72 Å². The van der Waals surface area contributed by atoms with Gasteiger partial charge in [0.15, 0.2) is 0 Å². The maximum atomic E-state index is 12.2. The SMILES string of the molecule is CC(CC(F)(F)F)NS(=O)(=O)c1ccc(CO)cc1Br. The summed E-state index contributed by atoms with van der Waals surface area (Å²) in [6, 6.07) is 2.72. The van der Waals surface area contributed by atoms with Crippen LogP contribution in [0, 0.1) is 0 Å². The van der Waals surface area contributed by atoms with E-state index in [-0.39, 0.29) is 16.0 Å². The van der Waals surface area contributed by atoms with Crippen LogP contribution in [0.5, 0.6) is 0 Å². The van der Waals surface area contributed by atoms with Crippen LogP contribution in [0.4, 0.5) is 13.2 Å². The summed E-state index contributed by atoms with van der Waals surface area (Å²) in [5.41, 5.74) is 0.485. The smallest absolute Gasteiger partial charge is 0.390 e. The quantitative estimate of drug-likeness (QED) is 0.830. The summed E-state index contributed by atoms with van der Waals surface area (Å²) in [4.78, 5) is -0.177. The van der Waals surface area contributed by atoms with E-state index >= 15 is 0 Å². The fraction of sp³-hybridized carbons (Fsp3) is 0.455. The minimum atomic E-state index is -4.44. The van der Waals surface area contributed by atoms with Gasteiger partial charge >= 0.3 is 6.18 Å². The highest BCUT2D eigenvalue weighted by atomic mass is 79.9. The molecule has 114 valence electrons. The van der Waals surface area contributed by atoms with Crippen molar-refractivity contribution in [2.45, 2.75) is 37.1 Å². The second-order valence-electron chi connectivity index (χ2n) is 4.26. The topological polar surface area (TPSA) is 66.4 Å². The van der Waals surface area contributed by atoms with Crippen LogP contribution in [0.15, 0.2) is 27.6 Å². The Balaban J connectivity index is 2.94. The van der Waals surface area contributed by atoms with E-state index in [0.717, 1.165) is 6.92 Å². The van der Waals surface area contributed by atoms with Gasteiger partial charge in [-0.15, -0.1) is 0 Å². The molecule has 9 heteroatoms. The van der Waals surface area contributed by atoms with Gasteiger partial charge in [0.1, 0.15) is 0 Å². The van der Waals surface area contributed by atoms with E-state index in [4.69, 9.17) is 5.11 Å². The largest absolute Gasteiger partial charge is 0.392 e. The Bertz CT molecular complexity index is 575. The zero-order chi connectivity index (χ0) is 15.6. The Morgan fingerprint density at radius 1 is 1.40 bits per heavy atom. The fourth-order valence-corrected chi connectivity index (χ4v) is 3.95. The summed E-state index contributed by atoms with van der Waals surface area (Å²) in [5, 5.41) is 8.92. The predicted octanol–water partition coefficient (Wildman–Crippen LogP) is 2.56. The Hall–Kier alpha value is -0.640. The second kappa shape index (κ2) is 6.42. The molecule has 20 heavy (non-hydrogen) atoms. The number of hydrogen-bond donors (Lipinski definition) is 2. The van der Waals surface area contributed by atoms with Crippen LogP contribution in [0.1, 0.15) is 18.9 Å². The van der Waals surface area contributed by atoms with Crippen LogP contribution in [0.3, 0.4) is 0 Å². The highest BCUT2D eigenvalue weighted by Crippen LogP contribution is 2.25. The molecule has 0 fully saturated rings. The summed E-state index contributed by atoms with van der Waals surface area (Å²) in [5.74, 6) is 0. The average Bonchev–Trinajstić information content (AvgIpc) is 2.24. The zero-order valence-corrected chi connectivity index (χ0v) is 12.8. The van der Waals surface area contributed by atoms with Crippen molar-refractivity contribution >= 4 is 26.0 Å². The molecule has 1 unspecified atom stereocenters. The first-order valence-corrected chi connectivity index (χ1v) is 7.81. The number of rotatable bonds is 5. The summed E-state index contributed by atoms with van der Waals surface area (Å²) < 4.78 is 62.7. The molecule has 0 saturated carbocycles. The van der Waals surface area contributed by atoms with Gasteiger partial charge in [0, 0.05) is 10.5 Å². The molecule has 0 aromatic heterocycles. The first-order valence-electron chi connectivity index (χ1n) is 5.53. The lowest BCUT2D eigenvalue weighted by Gasteiger charge is -2.16. The maximum absolute atomic E-state index is 12.2. The lowest BCUT2D eigenvalue weighted by Crippen LogP contribution is -2.36. The Morgan fingerprint density at radius 2 is 2.00 bits per heavy atom. The van der Waals surface area contributed by atoms with Crippen LogP contribution in [-0.2, 0) is 16.6 Å². The third-order valence-electron chi connectivity index (χ3n) is 2.36. The van der Waals surface area contributed by atoms with Crippen molar-refractivity contribution in [3.8, 4) is 0 Å². The van der Waals surface area contributed by atoms with E-state index in [9.17, 15) is 21.6 Å². The molecule has 2 N–H and O–H groups in total. The van der Waals surface area contributed by atoms with Gasteiger partial charge in [0.05, 0.1) is 17.9 Å². The summed E-state index contributed by atoms with van der Waals surface area (Å²) in [7, 11) is -4.07. The van der Waals surface area contributed by atoms with Crippen molar-refractivity contribution in [2.75, 3.05) is 0 Å². The monoisotopic (exact) mass is 375 g/mol. The van der Waals surface area contributed by atoms with Gasteiger partial charge in [-0.05, 0) is 40.5 Å². The minimum absolute atomic E-state index is 0.177. The molecule has 1 rings (SSSR count). The second-order valence-corrected chi connectivity index (χ2v) is 6.80. The number of benzene rings is 1. The number of aliphatic hydroxyl groups excluding tert-OH is 1. The minimum Gasteiger partial charge on any atom is -0.392 e. The number of alkyl halides is 3. The molecule has 0 aliphatic carbocycles. The molecule has 4 nitrogen and oxygen atoms in total. The molecule has 0 saturated heterocycles. The highest BCUT2D eigenvalue weighted by Gasteiger charge is 2.32. The maximum Gasteiger partial charge on any atom is 0.390 e. The molecule has 1 aromatic rings. The molecule has 0 bridgehead atoms. The Kier molecular flexibility index (Phi) is 5.59. The molecule has 0 radical (unpaired) electrons. The third-order valence-corrected chi connectivity index (χ3v) is 4.93.